The molecule has 0 spiro atoms. The summed E-state index contributed by atoms with van der Waals surface area (Å²) < 4.78 is 5.05. The number of nitrogens with zero attached hydrogens (tertiary/aromatic N) is 2. The van der Waals surface area contributed by atoms with E-state index in [1.165, 1.54) is 44.4 Å². The van der Waals surface area contributed by atoms with Gasteiger partial charge < -0.3 is 4.98 Å². The maximum absolute atomic E-state index is 8.48. The average molecular weight is 595 g/mol. The van der Waals surface area contributed by atoms with Crippen molar-refractivity contribution in [3.8, 4) is 0 Å². The number of aromatic nitrogens is 2. The molecule has 1 N–H and O–H groups in total. The van der Waals surface area contributed by atoms with E-state index in [1.54, 1.807) is 0 Å². The van der Waals surface area contributed by atoms with E-state index < -0.39 is 15.6 Å². The standard InChI is InChI=1S/C34H53ClN3Si2/c1-23(2)30-20-17-21-31(24(3)4)33(30)36-40(35,32(22-39(11,12)13)29-18-15-14-16-19-29)34-37(25(5)6)27(9)28(10)38(34)26(7)8/h14-26,36H,1-13H3/q+1/b32-22-/t40-/m0/s1. The van der Waals surface area contributed by atoms with Crippen molar-refractivity contribution in [3.63, 3.8) is 0 Å². The molecule has 1 atom stereocenters. The molecule has 0 bridgehead atoms. The van der Waals surface area contributed by atoms with Crippen LogP contribution in [-0.2, 0) is 0 Å². The zero-order chi connectivity index (χ0) is 30.2. The Morgan fingerprint density at radius 2 is 1.35 bits per heavy atom. The number of nitrogens with one attached hydrogen (secondary N) is 1. The minimum atomic E-state index is -3.18. The van der Waals surface area contributed by atoms with Gasteiger partial charge in [-0.25, -0.2) is 9.13 Å². The monoisotopic (exact) mass is 594 g/mol. The van der Waals surface area contributed by atoms with Gasteiger partial charge in [0.1, 0.15) is 11.4 Å². The Labute approximate surface area is 251 Å². The summed E-state index contributed by atoms with van der Waals surface area (Å²) in [5, 5.41) is 1.27. The lowest BCUT2D eigenvalue weighted by Gasteiger charge is -2.33. The van der Waals surface area contributed by atoms with Gasteiger partial charge in [-0.3, -0.25) is 0 Å². The van der Waals surface area contributed by atoms with Gasteiger partial charge >= 0.3 is 7.55 Å². The van der Waals surface area contributed by atoms with Crippen LogP contribution in [0.25, 0.3) is 5.20 Å². The molecule has 0 aliphatic heterocycles. The molecule has 3 aromatic rings. The van der Waals surface area contributed by atoms with Crippen LogP contribution in [0.15, 0.2) is 54.2 Å². The van der Waals surface area contributed by atoms with Gasteiger partial charge in [0, 0.05) is 19.5 Å². The van der Waals surface area contributed by atoms with Crippen LogP contribution in [0.2, 0.25) is 19.6 Å². The average Bonchev–Trinajstić information content (AvgIpc) is 3.13. The lowest BCUT2D eigenvalue weighted by atomic mass is 9.93. The van der Waals surface area contributed by atoms with Crippen LogP contribution >= 0.6 is 11.1 Å². The Hall–Kier alpha value is -2.09. The van der Waals surface area contributed by atoms with Gasteiger partial charge in [-0.15, -0.1) is 11.1 Å². The molecule has 6 heteroatoms. The van der Waals surface area contributed by atoms with E-state index in [0.29, 0.717) is 11.8 Å². The second-order valence-electron chi connectivity index (χ2n) is 13.6. The second-order valence-corrected chi connectivity index (χ2v) is 22.9. The van der Waals surface area contributed by atoms with Crippen LogP contribution < -0.4 is 15.0 Å². The highest BCUT2D eigenvalue weighted by atomic mass is 35.6. The Kier molecular flexibility index (Phi) is 10.1. The van der Waals surface area contributed by atoms with Crippen molar-refractivity contribution in [2.24, 2.45) is 0 Å². The normalized spacial score (nSPS) is 14.5. The summed E-state index contributed by atoms with van der Waals surface area (Å²) in [7, 11) is -4.88. The predicted molar refractivity (Wildman–Crippen MR) is 182 cm³/mol. The molecule has 2 aromatic carbocycles. The molecule has 0 saturated carbocycles. The van der Waals surface area contributed by atoms with Crippen LogP contribution in [0.3, 0.4) is 0 Å². The Morgan fingerprint density at radius 1 is 0.825 bits per heavy atom. The summed E-state index contributed by atoms with van der Waals surface area (Å²) in [6.07, 6.45) is 0. The molecular formula is C34H53ClN3Si2+. The third-order valence-electron chi connectivity index (χ3n) is 7.75. The largest absolute Gasteiger partial charge is 0.414 e. The van der Waals surface area contributed by atoms with E-state index >= 15 is 0 Å². The number of halogens is 1. The molecule has 0 saturated heterocycles. The van der Waals surface area contributed by atoms with Crippen molar-refractivity contribution in [2.75, 3.05) is 4.98 Å². The summed E-state index contributed by atoms with van der Waals surface area (Å²) in [6.45, 7) is 30.1. The lowest BCUT2D eigenvalue weighted by molar-refractivity contribution is -0.705. The highest BCUT2D eigenvalue weighted by molar-refractivity contribution is 7.37. The van der Waals surface area contributed by atoms with Gasteiger partial charge in [-0.2, -0.15) is 0 Å². The summed E-state index contributed by atoms with van der Waals surface area (Å²) >= 11 is 8.48. The quantitative estimate of drug-likeness (QED) is 0.141. The van der Waals surface area contributed by atoms with Crippen molar-refractivity contribution < 1.29 is 4.57 Å². The van der Waals surface area contributed by atoms with E-state index in [1.807, 2.05) is 0 Å². The fourth-order valence-electron chi connectivity index (χ4n) is 5.92. The molecular weight excluding hydrogens is 542 g/mol. The number of anilines is 1. The maximum Gasteiger partial charge on any atom is 0.414 e. The molecule has 40 heavy (non-hydrogen) atoms. The number of benzene rings is 2. The maximum atomic E-state index is 8.48. The third-order valence-corrected chi connectivity index (χ3v) is 13.5. The van der Waals surface area contributed by atoms with Crippen LogP contribution in [-0.4, -0.2) is 20.2 Å². The highest BCUT2D eigenvalue weighted by Crippen LogP contribution is 2.39. The molecule has 0 radical (unpaired) electrons. The van der Waals surface area contributed by atoms with E-state index in [0.717, 1.165) is 0 Å². The zero-order valence-electron chi connectivity index (χ0n) is 27.3. The molecule has 1 heterocycles. The first kappa shape index (κ1) is 32.4. The summed E-state index contributed by atoms with van der Waals surface area (Å²) in [6, 6.07) is 18.2. The van der Waals surface area contributed by atoms with E-state index in [9.17, 15) is 0 Å². The third kappa shape index (κ3) is 6.52. The molecule has 218 valence electrons. The van der Waals surface area contributed by atoms with Crippen molar-refractivity contribution in [1.29, 1.82) is 0 Å². The number of para-hydroxylation sites is 1. The molecule has 1 aromatic heterocycles. The number of hydrogen-bond acceptors (Lipinski definition) is 1. The summed E-state index contributed by atoms with van der Waals surface area (Å²) in [5.41, 5.74) is 11.5. The van der Waals surface area contributed by atoms with Crippen LogP contribution in [0.4, 0.5) is 5.69 Å². The summed E-state index contributed by atoms with van der Waals surface area (Å²) in [4.78, 5) is 4.24. The first-order valence-electron chi connectivity index (χ1n) is 15.0. The molecule has 0 aliphatic carbocycles. The van der Waals surface area contributed by atoms with E-state index in [-0.39, 0.29) is 12.1 Å². The summed E-state index contributed by atoms with van der Waals surface area (Å²) in [5.74, 6) is 0.740. The molecule has 0 unspecified atom stereocenters. The zero-order valence-corrected chi connectivity index (χ0v) is 30.0. The van der Waals surface area contributed by atoms with Gasteiger partial charge in [0.05, 0.1) is 20.2 Å². The number of rotatable bonds is 10. The van der Waals surface area contributed by atoms with Gasteiger partial charge in [0.2, 0.25) is 0 Å². The Balaban J connectivity index is 2.60. The minimum absolute atomic E-state index is 0.273. The molecule has 0 aliphatic rings. The molecule has 0 fully saturated rings. The Morgan fingerprint density at radius 3 is 1.77 bits per heavy atom. The SMILES string of the molecule is Cc1c(C)[n+](C(C)C)c([Si@@](Cl)(Nc2c(C(C)C)cccc2C(C)C)/C(=C\[Si](C)(C)C)c2ccccc2)n1C(C)C. The number of hydrogen-bond donors (Lipinski definition) is 1. The fraction of sp³-hybridized carbons (Fsp3) is 0.500. The van der Waals surface area contributed by atoms with Gasteiger partial charge in [0.25, 0.3) is 5.45 Å². The van der Waals surface area contributed by atoms with Crippen LogP contribution in [0.1, 0.15) is 107 Å². The van der Waals surface area contributed by atoms with E-state index in [2.05, 4.69) is 157 Å². The van der Waals surface area contributed by atoms with Crippen molar-refractivity contribution in [2.45, 2.75) is 113 Å². The van der Waals surface area contributed by atoms with E-state index in [4.69, 9.17) is 11.1 Å². The number of imidazole rings is 1. The lowest BCUT2D eigenvalue weighted by Crippen LogP contribution is -2.69. The van der Waals surface area contributed by atoms with Crippen molar-refractivity contribution in [3.05, 3.63) is 82.3 Å². The first-order chi connectivity index (χ1) is 18.5. The minimum Gasteiger partial charge on any atom is -0.386 e. The smallest absolute Gasteiger partial charge is 0.386 e. The van der Waals surface area contributed by atoms with Gasteiger partial charge in [-0.1, -0.05) is 102 Å². The molecule has 3 nitrogen and oxygen atoms in total. The van der Waals surface area contributed by atoms with Crippen LogP contribution in [0.5, 0.6) is 0 Å². The second kappa shape index (κ2) is 12.4. The van der Waals surface area contributed by atoms with Gasteiger partial charge in [0.15, 0.2) is 0 Å². The highest BCUT2D eigenvalue weighted by Gasteiger charge is 2.53. The van der Waals surface area contributed by atoms with Crippen LogP contribution in [0, 0.1) is 13.8 Å². The first-order valence-corrected chi connectivity index (χ1v) is 21.6. The van der Waals surface area contributed by atoms with Crippen molar-refractivity contribution in [1.82, 2.24) is 4.57 Å². The Bertz CT molecular complexity index is 1290. The fourth-order valence-corrected chi connectivity index (χ4v) is 13.9. The van der Waals surface area contributed by atoms with Crippen molar-refractivity contribution >= 4 is 43.0 Å². The molecule has 3 rings (SSSR count). The van der Waals surface area contributed by atoms with Gasteiger partial charge in [-0.05, 0) is 61.4 Å². The predicted octanol–water partition coefficient (Wildman–Crippen LogP) is 9.30. The topological polar surface area (TPSA) is 20.8 Å². The molecule has 0 amide bonds.